The van der Waals surface area contributed by atoms with Gasteiger partial charge in [-0.25, -0.2) is 4.79 Å². The molecule has 2 saturated heterocycles. The second kappa shape index (κ2) is 8.52. The summed E-state index contributed by atoms with van der Waals surface area (Å²) in [5, 5.41) is 0. The number of carbonyl (C=O) groups is 2. The Morgan fingerprint density at radius 3 is 2.46 bits per heavy atom. The van der Waals surface area contributed by atoms with Gasteiger partial charge in [-0.15, -0.1) is 0 Å². The molecule has 0 aromatic heterocycles. The summed E-state index contributed by atoms with van der Waals surface area (Å²) in [7, 11) is 0. The largest absolute Gasteiger partial charge is 0.494 e. The van der Waals surface area contributed by atoms with Gasteiger partial charge in [0.1, 0.15) is 11.4 Å². The molecule has 1 aromatic rings. The Kier molecular flexibility index (Phi) is 6.28. The normalized spacial score (nSPS) is 24.6. The van der Waals surface area contributed by atoms with Crippen molar-refractivity contribution in [1.82, 2.24) is 4.90 Å². The zero-order valence-corrected chi connectivity index (χ0v) is 17.3. The molecule has 2 atom stereocenters. The number of morpholine rings is 1. The summed E-state index contributed by atoms with van der Waals surface area (Å²) in [6.45, 7) is 9.16. The highest BCUT2D eigenvalue weighted by Crippen LogP contribution is 2.35. The molecule has 0 aliphatic carbocycles. The van der Waals surface area contributed by atoms with Crippen molar-refractivity contribution in [3.05, 3.63) is 29.8 Å². The van der Waals surface area contributed by atoms with E-state index in [4.69, 9.17) is 14.2 Å². The standard InChI is InChI=1S/C22H31NO5/c1-5-9-27-19-8-6-7-15(12-19)20(24)16-10-17-13-26-14-18(11-16)23(17)21(25)28-22(2,3)4/h6-8,12,16-18H,5,9-11,13-14H2,1-4H3. The van der Waals surface area contributed by atoms with E-state index in [1.54, 1.807) is 4.90 Å². The molecule has 2 aliphatic heterocycles. The highest BCUT2D eigenvalue weighted by molar-refractivity contribution is 5.98. The summed E-state index contributed by atoms with van der Waals surface area (Å²) in [5.74, 6) is 0.712. The van der Waals surface area contributed by atoms with Crippen molar-refractivity contribution < 1.29 is 23.8 Å². The summed E-state index contributed by atoms with van der Waals surface area (Å²) in [6, 6.07) is 7.14. The van der Waals surface area contributed by atoms with Crippen LogP contribution in [-0.4, -0.2) is 54.3 Å². The summed E-state index contributed by atoms with van der Waals surface area (Å²) < 4.78 is 16.9. The Bertz CT molecular complexity index is 697. The van der Waals surface area contributed by atoms with E-state index >= 15 is 0 Å². The first kappa shape index (κ1) is 20.6. The number of carbonyl (C=O) groups excluding carboxylic acids is 2. The molecule has 2 unspecified atom stereocenters. The first-order valence-corrected chi connectivity index (χ1v) is 10.1. The zero-order valence-electron chi connectivity index (χ0n) is 17.3. The third-order valence-corrected chi connectivity index (χ3v) is 5.09. The maximum Gasteiger partial charge on any atom is 0.410 e. The number of piperidine rings is 1. The van der Waals surface area contributed by atoms with Crippen molar-refractivity contribution >= 4 is 11.9 Å². The summed E-state index contributed by atoms with van der Waals surface area (Å²) >= 11 is 0. The molecule has 1 aromatic carbocycles. The average Bonchev–Trinajstić information content (AvgIpc) is 2.63. The number of benzene rings is 1. The van der Waals surface area contributed by atoms with E-state index in [1.165, 1.54) is 0 Å². The van der Waals surface area contributed by atoms with Gasteiger partial charge in [-0.2, -0.15) is 0 Å². The lowest BCUT2D eigenvalue weighted by Gasteiger charge is -2.47. The van der Waals surface area contributed by atoms with E-state index in [0.717, 1.165) is 12.2 Å². The van der Waals surface area contributed by atoms with Crippen LogP contribution in [0.2, 0.25) is 0 Å². The molecule has 0 N–H and O–H groups in total. The van der Waals surface area contributed by atoms with Crippen LogP contribution in [0.15, 0.2) is 24.3 Å². The van der Waals surface area contributed by atoms with E-state index < -0.39 is 5.60 Å². The molecule has 2 bridgehead atoms. The number of Topliss-reactive ketones (excluding diaryl/α,β-unsaturated/α-hetero) is 1. The van der Waals surface area contributed by atoms with E-state index in [2.05, 4.69) is 0 Å². The van der Waals surface area contributed by atoms with Crippen molar-refractivity contribution in [3.8, 4) is 5.75 Å². The zero-order chi connectivity index (χ0) is 20.3. The van der Waals surface area contributed by atoms with Crippen molar-refractivity contribution in [1.29, 1.82) is 0 Å². The van der Waals surface area contributed by atoms with Gasteiger partial charge in [-0.1, -0.05) is 19.1 Å². The van der Waals surface area contributed by atoms with Crippen LogP contribution < -0.4 is 4.74 Å². The Morgan fingerprint density at radius 2 is 1.86 bits per heavy atom. The van der Waals surface area contributed by atoms with Crippen LogP contribution in [0.4, 0.5) is 4.79 Å². The second-order valence-corrected chi connectivity index (χ2v) is 8.64. The molecule has 6 heteroatoms. The number of fused-ring (bicyclic) bond motifs is 2. The van der Waals surface area contributed by atoms with Gasteiger partial charge in [-0.05, 0) is 52.2 Å². The van der Waals surface area contributed by atoms with Gasteiger partial charge in [-0.3, -0.25) is 9.69 Å². The van der Waals surface area contributed by atoms with Crippen LogP contribution in [0.5, 0.6) is 5.75 Å². The van der Waals surface area contributed by atoms with Crippen molar-refractivity contribution in [2.45, 2.75) is 64.6 Å². The summed E-state index contributed by atoms with van der Waals surface area (Å²) in [4.78, 5) is 27.6. The van der Waals surface area contributed by atoms with Crippen LogP contribution >= 0.6 is 0 Å². The fourth-order valence-corrected chi connectivity index (χ4v) is 3.94. The van der Waals surface area contributed by atoms with E-state index in [9.17, 15) is 9.59 Å². The van der Waals surface area contributed by atoms with Gasteiger partial charge in [0.25, 0.3) is 0 Å². The fourth-order valence-electron chi connectivity index (χ4n) is 3.94. The molecule has 0 radical (unpaired) electrons. The number of rotatable bonds is 5. The number of ether oxygens (including phenoxy) is 3. The average molecular weight is 389 g/mol. The smallest absolute Gasteiger partial charge is 0.410 e. The maximum atomic E-state index is 13.1. The van der Waals surface area contributed by atoms with Crippen LogP contribution in [-0.2, 0) is 9.47 Å². The molecule has 0 spiro atoms. The predicted octanol–water partition coefficient (Wildman–Crippen LogP) is 4.07. The minimum atomic E-state index is -0.544. The molecule has 3 rings (SSSR count). The molecular weight excluding hydrogens is 358 g/mol. The Balaban J connectivity index is 1.71. The number of hydrogen-bond donors (Lipinski definition) is 0. The minimum absolute atomic E-state index is 0.114. The molecular formula is C22H31NO5. The first-order chi connectivity index (χ1) is 13.3. The van der Waals surface area contributed by atoms with Crippen molar-refractivity contribution in [3.63, 3.8) is 0 Å². The topological polar surface area (TPSA) is 65.1 Å². The fraction of sp³-hybridized carbons (Fsp3) is 0.636. The van der Waals surface area contributed by atoms with E-state index in [0.29, 0.717) is 38.2 Å². The molecule has 2 heterocycles. The first-order valence-electron chi connectivity index (χ1n) is 10.1. The highest BCUT2D eigenvalue weighted by atomic mass is 16.6. The third kappa shape index (κ3) is 4.85. The van der Waals surface area contributed by atoms with Crippen LogP contribution in [0.25, 0.3) is 0 Å². The number of nitrogens with zero attached hydrogens (tertiary/aromatic N) is 1. The lowest BCUT2D eigenvalue weighted by molar-refractivity contribution is -0.0861. The van der Waals surface area contributed by atoms with Crippen LogP contribution in [0.3, 0.4) is 0 Å². The summed E-state index contributed by atoms with van der Waals surface area (Å²) in [6.07, 6.45) is 1.79. The van der Waals surface area contributed by atoms with Crippen molar-refractivity contribution in [2.24, 2.45) is 5.92 Å². The lowest BCUT2D eigenvalue weighted by Crippen LogP contribution is -2.60. The lowest BCUT2D eigenvalue weighted by atomic mass is 9.81. The number of amides is 1. The molecule has 1 amide bonds. The Labute approximate surface area is 167 Å². The van der Waals surface area contributed by atoms with E-state index in [1.807, 2.05) is 52.0 Å². The molecule has 2 aliphatic rings. The van der Waals surface area contributed by atoms with Crippen LogP contribution in [0, 0.1) is 5.92 Å². The van der Waals surface area contributed by atoms with Gasteiger partial charge < -0.3 is 14.2 Å². The number of ketones is 1. The molecule has 0 saturated carbocycles. The molecule has 154 valence electrons. The van der Waals surface area contributed by atoms with Gasteiger partial charge in [0, 0.05) is 11.5 Å². The molecule has 6 nitrogen and oxygen atoms in total. The minimum Gasteiger partial charge on any atom is -0.494 e. The number of hydrogen-bond acceptors (Lipinski definition) is 5. The van der Waals surface area contributed by atoms with Gasteiger partial charge in [0.15, 0.2) is 5.78 Å². The van der Waals surface area contributed by atoms with Crippen molar-refractivity contribution in [2.75, 3.05) is 19.8 Å². The molecule has 28 heavy (non-hydrogen) atoms. The van der Waals surface area contributed by atoms with Crippen LogP contribution in [0.1, 0.15) is 57.3 Å². The van der Waals surface area contributed by atoms with Gasteiger partial charge >= 0.3 is 6.09 Å². The van der Waals surface area contributed by atoms with Gasteiger partial charge in [0.05, 0.1) is 31.9 Å². The monoisotopic (exact) mass is 389 g/mol. The van der Waals surface area contributed by atoms with Gasteiger partial charge in [0.2, 0.25) is 0 Å². The van der Waals surface area contributed by atoms with E-state index in [-0.39, 0.29) is 29.9 Å². The Hall–Kier alpha value is -2.08. The Morgan fingerprint density at radius 1 is 1.18 bits per heavy atom. The summed E-state index contributed by atoms with van der Waals surface area (Å²) in [5.41, 5.74) is 0.126. The highest BCUT2D eigenvalue weighted by Gasteiger charge is 2.45. The molecule has 2 fully saturated rings. The second-order valence-electron chi connectivity index (χ2n) is 8.64. The predicted molar refractivity (Wildman–Crippen MR) is 106 cm³/mol. The maximum absolute atomic E-state index is 13.1. The SMILES string of the molecule is CCCOc1cccc(C(=O)C2CC3COCC(C2)N3C(=O)OC(C)(C)C)c1. The quantitative estimate of drug-likeness (QED) is 0.710. The third-order valence-electron chi connectivity index (χ3n) is 5.09.